The van der Waals surface area contributed by atoms with Gasteiger partial charge in [-0.2, -0.15) is 4.31 Å². The zero-order valence-electron chi connectivity index (χ0n) is 17.7. The summed E-state index contributed by atoms with van der Waals surface area (Å²) in [4.78, 5) is 16.2. The van der Waals surface area contributed by atoms with Crippen molar-refractivity contribution in [3.63, 3.8) is 0 Å². The summed E-state index contributed by atoms with van der Waals surface area (Å²) in [5.41, 5.74) is 3.21. The number of sulfonamides is 1. The quantitative estimate of drug-likeness (QED) is 0.321. The zero-order chi connectivity index (χ0) is 23.7. The highest BCUT2D eigenvalue weighted by Gasteiger charge is 2.40. The molecule has 0 radical (unpaired) electrons. The van der Waals surface area contributed by atoms with E-state index in [0.29, 0.717) is 17.3 Å². The van der Waals surface area contributed by atoms with Gasteiger partial charge in [-0.1, -0.05) is 0 Å². The highest BCUT2D eigenvalue weighted by molar-refractivity contribution is 7.89. The van der Waals surface area contributed by atoms with Crippen LogP contribution in [-0.2, 0) is 27.8 Å². The molecule has 34 heavy (non-hydrogen) atoms. The largest absolute Gasteiger partial charge is 0.468 e. The summed E-state index contributed by atoms with van der Waals surface area (Å²) < 4.78 is 40.8. The number of hydrogen-bond donors (Lipinski definition) is 2. The number of benzene rings is 2. The fourth-order valence-corrected chi connectivity index (χ4v) is 5.39. The smallest absolute Gasteiger partial charge is 0.262 e. The molecule has 2 aromatic carbocycles. The minimum absolute atomic E-state index is 0.0129. The lowest BCUT2D eigenvalue weighted by molar-refractivity contribution is -0.133. The molecule has 11 heteroatoms. The lowest BCUT2D eigenvalue weighted by Crippen LogP contribution is -2.51. The monoisotopic (exact) mass is 480 g/mol. The number of ether oxygens (including phenoxy) is 1. The van der Waals surface area contributed by atoms with E-state index in [0.717, 1.165) is 15.6 Å². The number of carbonyl (C=O) groups is 1. The number of amides is 1. The minimum Gasteiger partial charge on any atom is -0.468 e. The molecule has 1 aliphatic heterocycles. The lowest BCUT2D eigenvalue weighted by Gasteiger charge is -2.32. The predicted molar refractivity (Wildman–Crippen MR) is 119 cm³/mol. The molecule has 0 spiro atoms. The van der Waals surface area contributed by atoms with E-state index in [-0.39, 0.29) is 17.9 Å². The van der Waals surface area contributed by atoms with Gasteiger partial charge < -0.3 is 13.7 Å². The average molecular weight is 481 g/mol. The standard InChI is InChI=1S/C23H20N4O6S/c28-23(25-29)21-13-16-9-12-32-22(16)14-27(21)34(30,31)20-7-5-19(6-8-20)33-18-3-1-17(2-4-18)26-11-10-24-15-26/h1-12,15,21,29H,13-14H2,(H,25,28)/t21-/m1/s1. The van der Waals surface area contributed by atoms with Gasteiger partial charge in [-0.25, -0.2) is 18.9 Å². The maximum absolute atomic E-state index is 13.3. The zero-order valence-corrected chi connectivity index (χ0v) is 18.6. The van der Waals surface area contributed by atoms with Crippen LogP contribution in [0.1, 0.15) is 11.3 Å². The second-order valence-electron chi connectivity index (χ2n) is 7.65. The molecule has 10 nitrogen and oxygen atoms in total. The van der Waals surface area contributed by atoms with Crippen LogP contribution in [0.4, 0.5) is 0 Å². The topological polar surface area (TPSA) is 127 Å². The van der Waals surface area contributed by atoms with E-state index < -0.39 is 22.0 Å². The molecule has 0 bridgehead atoms. The normalized spacial score (nSPS) is 16.1. The van der Waals surface area contributed by atoms with Crippen molar-refractivity contribution in [3.8, 4) is 17.2 Å². The van der Waals surface area contributed by atoms with Crippen molar-refractivity contribution in [2.45, 2.75) is 23.9 Å². The van der Waals surface area contributed by atoms with E-state index >= 15 is 0 Å². The number of carbonyl (C=O) groups excluding carboxylic acids is 1. The maximum Gasteiger partial charge on any atom is 0.262 e. The average Bonchev–Trinajstić information content (AvgIpc) is 3.55. The fourth-order valence-electron chi connectivity index (χ4n) is 3.85. The summed E-state index contributed by atoms with van der Waals surface area (Å²) in [6, 6.07) is 13.8. The van der Waals surface area contributed by atoms with Crippen LogP contribution in [0.15, 0.2) is 88.9 Å². The summed E-state index contributed by atoms with van der Waals surface area (Å²) in [6.07, 6.45) is 6.75. The van der Waals surface area contributed by atoms with E-state index in [1.807, 2.05) is 22.9 Å². The van der Waals surface area contributed by atoms with Crippen molar-refractivity contribution in [1.82, 2.24) is 19.3 Å². The Morgan fingerprint density at radius 2 is 1.79 bits per heavy atom. The Bertz CT molecular complexity index is 1400. The molecular formula is C23H20N4O6S. The van der Waals surface area contributed by atoms with Gasteiger partial charge in [0.25, 0.3) is 5.91 Å². The van der Waals surface area contributed by atoms with Gasteiger partial charge in [-0.15, -0.1) is 0 Å². The Morgan fingerprint density at radius 3 is 2.44 bits per heavy atom. The molecule has 1 amide bonds. The van der Waals surface area contributed by atoms with Crippen molar-refractivity contribution in [2.75, 3.05) is 0 Å². The van der Waals surface area contributed by atoms with E-state index in [1.54, 1.807) is 48.3 Å². The van der Waals surface area contributed by atoms with Crippen LogP contribution in [0.2, 0.25) is 0 Å². The number of furan rings is 1. The molecule has 3 heterocycles. The highest BCUT2D eigenvalue weighted by Crippen LogP contribution is 2.31. The van der Waals surface area contributed by atoms with Gasteiger partial charge in [0.15, 0.2) is 0 Å². The molecule has 0 saturated carbocycles. The van der Waals surface area contributed by atoms with Gasteiger partial charge in [0, 0.05) is 24.5 Å². The Hall–Kier alpha value is -3.93. The molecule has 5 rings (SSSR count). The molecule has 2 aromatic heterocycles. The predicted octanol–water partition coefficient (Wildman–Crippen LogP) is 2.88. The van der Waals surface area contributed by atoms with Gasteiger partial charge in [0.2, 0.25) is 10.0 Å². The first-order valence-corrected chi connectivity index (χ1v) is 11.8. The fraction of sp³-hybridized carbons (Fsp3) is 0.130. The van der Waals surface area contributed by atoms with E-state index in [2.05, 4.69) is 4.98 Å². The third-order valence-electron chi connectivity index (χ3n) is 5.62. The van der Waals surface area contributed by atoms with E-state index in [9.17, 15) is 13.2 Å². The van der Waals surface area contributed by atoms with Crippen molar-refractivity contribution in [2.24, 2.45) is 0 Å². The van der Waals surface area contributed by atoms with Crippen molar-refractivity contribution in [1.29, 1.82) is 0 Å². The molecule has 174 valence electrons. The first-order chi connectivity index (χ1) is 16.5. The molecule has 2 N–H and O–H groups in total. The SMILES string of the molecule is O=C(NO)[C@H]1Cc2ccoc2CN1S(=O)(=O)c1ccc(Oc2ccc(-n3ccnc3)cc2)cc1. The number of imidazole rings is 1. The lowest BCUT2D eigenvalue weighted by atomic mass is 10.0. The summed E-state index contributed by atoms with van der Waals surface area (Å²) in [5.74, 6) is 0.686. The van der Waals surface area contributed by atoms with Gasteiger partial charge in [0.05, 0.1) is 24.0 Å². The number of rotatable bonds is 6. The van der Waals surface area contributed by atoms with Gasteiger partial charge in [-0.05, 0) is 60.2 Å². The van der Waals surface area contributed by atoms with Crippen LogP contribution >= 0.6 is 0 Å². The first-order valence-electron chi connectivity index (χ1n) is 10.3. The summed E-state index contributed by atoms with van der Waals surface area (Å²) in [5, 5.41) is 9.12. The molecule has 1 atom stereocenters. The van der Waals surface area contributed by atoms with Crippen LogP contribution in [0.25, 0.3) is 5.69 Å². The van der Waals surface area contributed by atoms with Gasteiger partial charge in [-0.3, -0.25) is 10.0 Å². The highest BCUT2D eigenvalue weighted by atomic mass is 32.2. The number of fused-ring (bicyclic) bond motifs is 1. The Morgan fingerprint density at radius 1 is 1.09 bits per heavy atom. The van der Waals surface area contributed by atoms with Crippen LogP contribution < -0.4 is 10.2 Å². The van der Waals surface area contributed by atoms with Crippen LogP contribution in [0.3, 0.4) is 0 Å². The summed E-state index contributed by atoms with van der Waals surface area (Å²) >= 11 is 0. The Balaban J connectivity index is 1.35. The van der Waals surface area contributed by atoms with Crippen LogP contribution in [0.5, 0.6) is 11.5 Å². The number of nitrogens with zero attached hydrogens (tertiary/aromatic N) is 3. The summed E-state index contributed by atoms with van der Waals surface area (Å²) in [6.45, 7) is -0.121. The molecule has 0 unspecified atom stereocenters. The van der Waals surface area contributed by atoms with Crippen molar-refractivity contribution in [3.05, 3.63) is 90.9 Å². The molecule has 0 aliphatic carbocycles. The third-order valence-corrected chi connectivity index (χ3v) is 7.49. The molecular weight excluding hydrogens is 460 g/mol. The Labute approximate surface area is 195 Å². The minimum atomic E-state index is -4.07. The van der Waals surface area contributed by atoms with Gasteiger partial charge in [0.1, 0.15) is 23.3 Å². The van der Waals surface area contributed by atoms with Crippen LogP contribution in [-0.4, -0.2) is 39.4 Å². The maximum atomic E-state index is 13.3. The first kappa shape index (κ1) is 21.9. The third kappa shape index (κ3) is 4.07. The Kier molecular flexibility index (Phi) is 5.65. The van der Waals surface area contributed by atoms with E-state index in [4.69, 9.17) is 14.4 Å². The molecule has 1 aliphatic rings. The second kappa shape index (κ2) is 8.78. The number of hydroxylamine groups is 1. The molecule has 0 fully saturated rings. The van der Waals surface area contributed by atoms with Gasteiger partial charge >= 0.3 is 0 Å². The van der Waals surface area contributed by atoms with Crippen molar-refractivity contribution < 1.29 is 27.6 Å². The number of nitrogens with one attached hydrogen (secondary N) is 1. The number of hydrogen-bond acceptors (Lipinski definition) is 7. The second-order valence-corrected chi connectivity index (χ2v) is 9.54. The van der Waals surface area contributed by atoms with Crippen molar-refractivity contribution >= 4 is 15.9 Å². The number of aromatic nitrogens is 2. The van der Waals surface area contributed by atoms with Crippen LogP contribution in [0, 0.1) is 0 Å². The van der Waals surface area contributed by atoms with E-state index in [1.165, 1.54) is 18.4 Å². The summed E-state index contributed by atoms with van der Waals surface area (Å²) in [7, 11) is -4.07. The molecule has 0 saturated heterocycles. The molecule has 4 aromatic rings.